The summed E-state index contributed by atoms with van der Waals surface area (Å²) < 4.78 is 5.44. The van der Waals surface area contributed by atoms with Crippen LogP contribution in [-0.4, -0.2) is 47.7 Å². The number of carboxylic acid groups (broad SMARTS) is 1. The number of hydrogen-bond donors (Lipinski definition) is 1. The number of carbonyl (C=O) groups excluding carboxylic acids is 1. The van der Waals surface area contributed by atoms with Crippen LogP contribution in [-0.2, 0) is 14.3 Å². The molecule has 1 aromatic rings. The van der Waals surface area contributed by atoms with Gasteiger partial charge >= 0.3 is 5.97 Å². The highest BCUT2D eigenvalue weighted by Crippen LogP contribution is 2.29. The number of halogens is 1. The second-order valence-electron chi connectivity index (χ2n) is 6.15. The molecule has 23 heavy (non-hydrogen) atoms. The van der Waals surface area contributed by atoms with Crippen LogP contribution in [0.5, 0.6) is 0 Å². The third-order valence-corrected chi connectivity index (χ3v) is 4.23. The summed E-state index contributed by atoms with van der Waals surface area (Å²) in [6.45, 7) is 5.16. The van der Waals surface area contributed by atoms with Gasteiger partial charge in [0.05, 0.1) is 25.0 Å². The number of ether oxygens (including phenoxy) is 1. The number of morpholine rings is 1. The van der Waals surface area contributed by atoms with Crippen molar-refractivity contribution in [3.8, 4) is 0 Å². The lowest BCUT2D eigenvalue weighted by atomic mass is 9.87. The van der Waals surface area contributed by atoms with Crippen LogP contribution in [0.2, 0.25) is 5.02 Å². The first kappa shape index (κ1) is 17.8. The molecule has 1 aromatic carbocycles. The van der Waals surface area contributed by atoms with Gasteiger partial charge in [0.2, 0.25) is 5.91 Å². The van der Waals surface area contributed by atoms with Crippen LogP contribution >= 0.6 is 11.6 Å². The van der Waals surface area contributed by atoms with Crippen LogP contribution in [0.3, 0.4) is 0 Å². The lowest BCUT2D eigenvalue weighted by Gasteiger charge is -2.35. The summed E-state index contributed by atoms with van der Waals surface area (Å²) in [7, 11) is 0. The summed E-state index contributed by atoms with van der Waals surface area (Å²) in [5, 5.41) is 9.50. The van der Waals surface area contributed by atoms with Crippen molar-refractivity contribution in [3.63, 3.8) is 0 Å². The molecule has 0 aliphatic carbocycles. The van der Waals surface area contributed by atoms with Crippen LogP contribution in [0.25, 0.3) is 0 Å². The van der Waals surface area contributed by atoms with E-state index in [4.69, 9.17) is 21.4 Å². The zero-order chi connectivity index (χ0) is 17.0. The summed E-state index contributed by atoms with van der Waals surface area (Å²) in [5.41, 5.74) is 0.888. The predicted octanol–water partition coefficient (Wildman–Crippen LogP) is 2.78. The first-order valence-electron chi connectivity index (χ1n) is 7.76. The zero-order valence-corrected chi connectivity index (χ0v) is 14.1. The fourth-order valence-electron chi connectivity index (χ4n) is 2.95. The summed E-state index contributed by atoms with van der Waals surface area (Å²) >= 11 is 6.05. The molecule has 1 fully saturated rings. The van der Waals surface area contributed by atoms with Crippen molar-refractivity contribution in [2.45, 2.75) is 32.3 Å². The molecule has 1 N–H and O–H groups in total. The van der Waals surface area contributed by atoms with Crippen molar-refractivity contribution in [1.82, 2.24) is 4.90 Å². The Hall–Kier alpha value is -1.59. The molecule has 1 aliphatic heterocycles. The SMILES string of the molecule is CC(C)C(C(=O)N1CCOC(CC(=O)O)C1)c1cccc(Cl)c1. The van der Waals surface area contributed by atoms with Gasteiger partial charge in [0, 0.05) is 18.1 Å². The Balaban J connectivity index is 2.16. The van der Waals surface area contributed by atoms with E-state index in [2.05, 4.69) is 0 Å². The van der Waals surface area contributed by atoms with E-state index in [0.717, 1.165) is 5.56 Å². The van der Waals surface area contributed by atoms with Crippen molar-refractivity contribution in [2.75, 3.05) is 19.7 Å². The number of nitrogens with zero attached hydrogens (tertiary/aromatic N) is 1. The van der Waals surface area contributed by atoms with E-state index in [-0.39, 0.29) is 24.2 Å². The maximum atomic E-state index is 13.0. The number of aliphatic carboxylic acids is 1. The van der Waals surface area contributed by atoms with Gasteiger partial charge in [0.1, 0.15) is 0 Å². The third-order valence-electron chi connectivity index (χ3n) is 3.99. The van der Waals surface area contributed by atoms with E-state index in [1.165, 1.54) is 0 Å². The average Bonchev–Trinajstić information content (AvgIpc) is 2.46. The molecule has 2 atom stereocenters. The standard InChI is InChI=1S/C17H22ClNO4/c1-11(2)16(12-4-3-5-13(18)8-12)17(22)19-6-7-23-14(10-19)9-15(20)21/h3-5,8,11,14,16H,6-7,9-10H2,1-2H3,(H,20,21). The molecule has 1 amide bonds. The van der Waals surface area contributed by atoms with Gasteiger partial charge in [-0.1, -0.05) is 37.6 Å². The average molecular weight is 340 g/mol. The molecule has 5 nitrogen and oxygen atoms in total. The Morgan fingerprint density at radius 2 is 2.17 bits per heavy atom. The van der Waals surface area contributed by atoms with E-state index < -0.39 is 12.1 Å². The maximum absolute atomic E-state index is 13.0. The molecule has 1 aliphatic rings. The van der Waals surface area contributed by atoms with Crippen LogP contribution in [0.15, 0.2) is 24.3 Å². The largest absolute Gasteiger partial charge is 0.481 e. The fourth-order valence-corrected chi connectivity index (χ4v) is 3.15. The molecule has 1 heterocycles. The van der Waals surface area contributed by atoms with Crippen molar-refractivity contribution in [2.24, 2.45) is 5.92 Å². The molecule has 0 spiro atoms. The van der Waals surface area contributed by atoms with Gasteiger partial charge < -0.3 is 14.7 Å². The van der Waals surface area contributed by atoms with Crippen LogP contribution in [0.1, 0.15) is 31.7 Å². The lowest BCUT2D eigenvalue weighted by molar-refractivity contribution is -0.149. The molecular formula is C17H22ClNO4. The second kappa shape index (κ2) is 7.79. The van der Waals surface area contributed by atoms with Gasteiger partial charge in [-0.3, -0.25) is 9.59 Å². The molecule has 126 valence electrons. The van der Waals surface area contributed by atoms with Gasteiger partial charge in [-0.25, -0.2) is 0 Å². The number of benzene rings is 1. The first-order chi connectivity index (χ1) is 10.9. The molecule has 0 aromatic heterocycles. The number of rotatable bonds is 5. The van der Waals surface area contributed by atoms with E-state index in [1.807, 2.05) is 32.0 Å². The Bertz CT molecular complexity index is 575. The quantitative estimate of drug-likeness (QED) is 0.895. The molecule has 1 saturated heterocycles. The zero-order valence-electron chi connectivity index (χ0n) is 13.4. The minimum absolute atomic E-state index is 0.000885. The van der Waals surface area contributed by atoms with E-state index in [1.54, 1.807) is 11.0 Å². The Kier molecular flexibility index (Phi) is 6.02. The first-order valence-corrected chi connectivity index (χ1v) is 8.14. The van der Waals surface area contributed by atoms with Gasteiger partial charge in [-0.05, 0) is 23.6 Å². The smallest absolute Gasteiger partial charge is 0.306 e. The lowest BCUT2D eigenvalue weighted by Crippen LogP contribution is -2.48. The Labute approximate surface area is 141 Å². The number of hydrogen-bond acceptors (Lipinski definition) is 3. The molecule has 0 saturated carbocycles. The number of carboxylic acids is 1. The Morgan fingerprint density at radius 1 is 1.43 bits per heavy atom. The van der Waals surface area contributed by atoms with Crippen molar-refractivity contribution in [3.05, 3.63) is 34.9 Å². The minimum Gasteiger partial charge on any atom is -0.481 e. The molecule has 2 rings (SSSR count). The highest BCUT2D eigenvalue weighted by atomic mass is 35.5. The van der Waals surface area contributed by atoms with E-state index in [9.17, 15) is 9.59 Å². The number of amides is 1. The van der Waals surface area contributed by atoms with Crippen LogP contribution < -0.4 is 0 Å². The normalized spacial score (nSPS) is 19.7. The second-order valence-corrected chi connectivity index (χ2v) is 6.59. The molecule has 0 radical (unpaired) electrons. The predicted molar refractivity (Wildman–Crippen MR) is 87.6 cm³/mol. The van der Waals surface area contributed by atoms with Crippen molar-refractivity contribution >= 4 is 23.5 Å². The van der Waals surface area contributed by atoms with Crippen LogP contribution in [0, 0.1) is 5.92 Å². The summed E-state index contributed by atoms with van der Waals surface area (Å²) in [6.07, 6.45) is -0.537. The number of carbonyl (C=O) groups is 2. The Morgan fingerprint density at radius 3 is 2.78 bits per heavy atom. The topological polar surface area (TPSA) is 66.8 Å². The summed E-state index contributed by atoms with van der Waals surface area (Å²) in [6, 6.07) is 7.35. The maximum Gasteiger partial charge on any atom is 0.306 e. The highest BCUT2D eigenvalue weighted by molar-refractivity contribution is 6.30. The molecular weight excluding hydrogens is 318 g/mol. The van der Waals surface area contributed by atoms with Gasteiger partial charge in [0.25, 0.3) is 0 Å². The molecule has 2 unspecified atom stereocenters. The molecule has 6 heteroatoms. The fraction of sp³-hybridized carbons (Fsp3) is 0.529. The molecule has 0 bridgehead atoms. The third kappa shape index (κ3) is 4.69. The van der Waals surface area contributed by atoms with Crippen LogP contribution in [0.4, 0.5) is 0 Å². The van der Waals surface area contributed by atoms with Gasteiger partial charge in [-0.15, -0.1) is 0 Å². The minimum atomic E-state index is -0.917. The van der Waals surface area contributed by atoms with E-state index in [0.29, 0.717) is 24.7 Å². The van der Waals surface area contributed by atoms with Gasteiger partial charge in [0.15, 0.2) is 0 Å². The van der Waals surface area contributed by atoms with E-state index >= 15 is 0 Å². The highest BCUT2D eigenvalue weighted by Gasteiger charge is 2.32. The summed E-state index contributed by atoms with van der Waals surface area (Å²) in [4.78, 5) is 25.5. The van der Waals surface area contributed by atoms with Crippen molar-refractivity contribution in [1.29, 1.82) is 0 Å². The van der Waals surface area contributed by atoms with Crippen molar-refractivity contribution < 1.29 is 19.4 Å². The summed E-state index contributed by atoms with van der Waals surface area (Å²) in [5.74, 6) is -1.10. The van der Waals surface area contributed by atoms with Gasteiger partial charge in [-0.2, -0.15) is 0 Å². The monoisotopic (exact) mass is 339 g/mol.